The highest BCUT2D eigenvalue weighted by Crippen LogP contribution is 2.50. The molecule has 3 atom stereocenters. The van der Waals surface area contributed by atoms with Gasteiger partial charge in [0.25, 0.3) is 0 Å². The quantitative estimate of drug-likeness (QED) is 0.750. The zero-order valence-corrected chi connectivity index (χ0v) is 10.4. The molecule has 1 aromatic carbocycles. The summed E-state index contributed by atoms with van der Waals surface area (Å²) < 4.78 is 0. The number of ketones is 1. The van der Waals surface area contributed by atoms with Gasteiger partial charge in [-0.15, -0.1) is 0 Å². The van der Waals surface area contributed by atoms with Crippen LogP contribution in [-0.2, 0) is 16.6 Å². The van der Waals surface area contributed by atoms with Crippen molar-refractivity contribution in [2.24, 2.45) is 5.92 Å². The van der Waals surface area contributed by atoms with Crippen molar-refractivity contribution < 1.29 is 4.79 Å². The summed E-state index contributed by atoms with van der Waals surface area (Å²) in [5, 5.41) is 3.62. The van der Waals surface area contributed by atoms with Crippen LogP contribution in [0.2, 0.25) is 0 Å². The molecule has 1 aromatic rings. The Hall–Kier alpha value is -1.41. The summed E-state index contributed by atoms with van der Waals surface area (Å²) in [4.78, 5) is 12.6. The molecule has 2 heteroatoms. The Morgan fingerprint density at radius 3 is 3.11 bits per heavy atom. The van der Waals surface area contributed by atoms with E-state index in [9.17, 15) is 4.79 Å². The fourth-order valence-corrected chi connectivity index (χ4v) is 4.32. The van der Waals surface area contributed by atoms with Crippen molar-refractivity contribution in [1.82, 2.24) is 5.32 Å². The van der Waals surface area contributed by atoms with Gasteiger partial charge in [0.15, 0.2) is 5.78 Å². The maximum absolute atomic E-state index is 12.6. The third-order valence-electron chi connectivity index (χ3n) is 5.08. The van der Waals surface area contributed by atoms with Gasteiger partial charge >= 0.3 is 0 Å². The highest BCUT2D eigenvalue weighted by molar-refractivity contribution is 6.01. The number of allylic oxidation sites excluding steroid dienone is 2. The minimum absolute atomic E-state index is 0.223. The van der Waals surface area contributed by atoms with Gasteiger partial charge in [0.1, 0.15) is 0 Å². The van der Waals surface area contributed by atoms with Crippen molar-refractivity contribution >= 4 is 5.78 Å². The molecule has 4 rings (SSSR count). The van der Waals surface area contributed by atoms with Crippen LogP contribution in [0.3, 0.4) is 0 Å². The van der Waals surface area contributed by atoms with E-state index in [1.807, 2.05) is 6.08 Å². The van der Waals surface area contributed by atoms with E-state index in [2.05, 4.69) is 35.7 Å². The molecule has 1 aliphatic heterocycles. The molecule has 0 spiro atoms. The van der Waals surface area contributed by atoms with E-state index in [-0.39, 0.29) is 5.41 Å². The summed E-state index contributed by atoms with van der Waals surface area (Å²) in [6, 6.07) is 9.02. The first kappa shape index (κ1) is 10.5. The molecule has 2 bridgehead atoms. The van der Waals surface area contributed by atoms with Gasteiger partial charge in [0.05, 0.1) is 5.41 Å². The molecular weight excluding hydrogens is 222 g/mol. The van der Waals surface area contributed by atoms with Crippen LogP contribution in [0.4, 0.5) is 0 Å². The maximum Gasteiger partial charge on any atom is 0.166 e. The van der Waals surface area contributed by atoms with Gasteiger partial charge in [0.2, 0.25) is 0 Å². The van der Waals surface area contributed by atoms with E-state index in [0.717, 1.165) is 25.8 Å². The second-order valence-electron chi connectivity index (χ2n) is 5.75. The molecular formula is C16H17NO. The molecule has 92 valence electrons. The van der Waals surface area contributed by atoms with Crippen LogP contribution in [0.15, 0.2) is 36.4 Å². The maximum atomic E-state index is 12.6. The SMILES string of the molecule is O=C1C=CC[C@H]2[C@H]3Cc4ccccc4[C@@]12CCN3. The van der Waals surface area contributed by atoms with Crippen LogP contribution in [0.1, 0.15) is 24.0 Å². The third-order valence-corrected chi connectivity index (χ3v) is 5.08. The second-order valence-corrected chi connectivity index (χ2v) is 5.75. The number of carbonyl (C=O) groups is 1. The van der Waals surface area contributed by atoms with Crippen LogP contribution < -0.4 is 5.32 Å². The standard InChI is InChI=1S/C16H17NO/c18-15-7-3-6-13-14-10-11-4-1-2-5-12(11)16(13,15)8-9-17-14/h1-5,7,13-14,17H,6,8-10H2/t13-,14+,16+/m0/s1. The number of benzene rings is 1. The summed E-state index contributed by atoms with van der Waals surface area (Å²) in [5.41, 5.74) is 2.45. The van der Waals surface area contributed by atoms with Crippen molar-refractivity contribution in [1.29, 1.82) is 0 Å². The highest BCUT2D eigenvalue weighted by Gasteiger charge is 2.54. The van der Waals surface area contributed by atoms with Crippen molar-refractivity contribution in [2.45, 2.75) is 30.7 Å². The van der Waals surface area contributed by atoms with Crippen molar-refractivity contribution in [3.05, 3.63) is 47.5 Å². The molecule has 1 heterocycles. The first-order valence-electron chi connectivity index (χ1n) is 6.85. The topological polar surface area (TPSA) is 29.1 Å². The Kier molecular flexibility index (Phi) is 2.07. The zero-order chi connectivity index (χ0) is 12.2. The van der Waals surface area contributed by atoms with E-state index in [0.29, 0.717) is 17.7 Å². The van der Waals surface area contributed by atoms with Crippen LogP contribution in [0, 0.1) is 5.92 Å². The monoisotopic (exact) mass is 239 g/mol. The molecule has 0 aromatic heterocycles. The molecule has 0 radical (unpaired) electrons. The molecule has 2 aliphatic carbocycles. The molecule has 0 unspecified atom stereocenters. The summed E-state index contributed by atoms with van der Waals surface area (Å²) >= 11 is 0. The molecule has 2 nitrogen and oxygen atoms in total. The molecule has 0 amide bonds. The number of rotatable bonds is 0. The number of nitrogens with one attached hydrogen (secondary N) is 1. The van der Waals surface area contributed by atoms with Gasteiger partial charge in [-0.05, 0) is 48.9 Å². The Morgan fingerprint density at radius 1 is 1.28 bits per heavy atom. The molecule has 0 saturated carbocycles. The lowest BCUT2D eigenvalue weighted by molar-refractivity contribution is -0.125. The van der Waals surface area contributed by atoms with Crippen LogP contribution in [-0.4, -0.2) is 18.4 Å². The van der Waals surface area contributed by atoms with Crippen molar-refractivity contribution in [2.75, 3.05) is 6.54 Å². The first-order chi connectivity index (χ1) is 8.82. The number of hydrogen-bond donors (Lipinski definition) is 1. The molecule has 1 fully saturated rings. The van der Waals surface area contributed by atoms with Gasteiger partial charge in [-0.1, -0.05) is 30.3 Å². The van der Waals surface area contributed by atoms with Crippen molar-refractivity contribution in [3.8, 4) is 0 Å². The molecule has 3 aliphatic rings. The number of hydrogen-bond acceptors (Lipinski definition) is 2. The molecule has 18 heavy (non-hydrogen) atoms. The Labute approximate surface area is 107 Å². The minimum Gasteiger partial charge on any atom is -0.313 e. The third kappa shape index (κ3) is 1.14. The lowest BCUT2D eigenvalue weighted by atomic mass is 9.53. The number of fused-ring (bicyclic) bond motifs is 1. The predicted octanol–water partition coefficient (Wildman–Crippen LogP) is 1.99. The highest BCUT2D eigenvalue weighted by atomic mass is 16.1. The largest absolute Gasteiger partial charge is 0.313 e. The normalized spacial score (nSPS) is 37.0. The minimum atomic E-state index is -0.223. The molecule has 1 saturated heterocycles. The van der Waals surface area contributed by atoms with E-state index >= 15 is 0 Å². The lowest BCUT2D eigenvalue weighted by Gasteiger charge is -2.53. The lowest BCUT2D eigenvalue weighted by Crippen LogP contribution is -2.62. The van der Waals surface area contributed by atoms with Crippen molar-refractivity contribution in [3.63, 3.8) is 0 Å². The van der Waals surface area contributed by atoms with E-state index in [1.54, 1.807) is 0 Å². The summed E-state index contributed by atoms with van der Waals surface area (Å²) in [7, 11) is 0. The number of carbonyl (C=O) groups excluding carboxylic acids is 1. The fraction of sp³-hybridized carbons (Fsp3) is 0.438. The zero-order valence-electron chi connectivity index (χ0n) is 10.4. The Morgan fingerprint density at radius 2 is 2.17 bits per heavy atom. The van der Waals surface area contributed by atoms with Gasteiger partial charge in [-0.25, -0.2) is 0 Å². The fourth-order valence-electron chi connectivity index (χ4n) is 4.32. The van der Waals surface area contributed by atoms with E-state index < -0.39 is 0 Å². The predicted molar refractivity (Wildman–Crippen MR) is 70.5 cm³/mol. The second kappa shape index (κ2) is 3.55. The van der Waals surface area contributed by atoms with Gasteiger partial charge in [-0.2, -0.15) is 0 Å². The van der Waals surface area contributed by atoms with Gasteiger partial charge < -0.3 is 5.32 Å². The summed E-state index contributed by atoms with van der Waals surface area (Å²) in [5.74, 6) is 0.788. The van der Waals surface area contributed by atoms with Crippen LogP contribution in [0.25, 0.3) is 0 Å². The summed E-state index contributed by atoms with van der Waals surface area (Å²) in [6.07, 6.45) is 6.95. The average molecular weight is 239 g/mol. The molecule has 1 N–H and O–H groups in total. The van der Waals surface area contributed by atoms with Gasteiger partial charge in [0, 0.05) is 6.04 Å². The summed E-state index contributed by atoms with van der Waals surface area (Å²) in [6.45, 7) is 0.967. The van der Waals surface area contributed by atoms with E-state index in [4.69, 9.17) is 0 Å². The first-order valence-corrected chi connectivity index (χ1v) is 6.85. The smallest absolute Gasteiger partial charge is 0.166 e. The van der Waals surface area contributed by atoms with Gasteiger partial charge in [-0.3, -0.25) is 4.79 Å². The Balaban J connectivity index is 2.00. The van der Waals surface area contributed by atoms with E-state index in [1.165, 1.54) is 11.1 Å². The van der Waals surface area contributed by atoms with Crippen LogP contribution >= 0.6 is 0 Å². The number of piperidine rings is 1. The van der Waals surface area contributed by atoms with Crippen LogP contribution in [0.5, 0.6) is 0 Å². The Bertz CT molecular complexity index is 548. The average Bonchev–Trinajstić information content (AvgIpc) is 2.39.